The van der Waals surface area contributed by atoms with E-state index in [1.165, 1.54) is 0 Å². The van der Waals surface area contributed by atoms with E-state index in [0.717, 1.165) is 42.8 Å². The molecule has 0 spiro atoms. The molecule has 9 nitrogen and oxygen atoms in total. The van der Waals surface area contributed by atoms with Gasteiger partial charge in [-0.25, -0.2) is 0 Å². The summed E-state index contributed by atoms with van der Waals surface area (Å²) in [6, 6.07) is 13.4. The quantitative estimate of drug-likeness (QED) is 0.450. The lowest BCUT2D eigenvalue weighted by molar-refractivity contribution is -0.126. The van der Waals surface area contributed by atoms with Gasteiger partial charge in [0.05, 0.1) is 26.9 Å². The van der Waals surface area contributed by atoms with E-state index in [1.807, 2.05) is 56.3 Å². The molecule has 1 aliphatic rings. The molecule has 0 aliphatic carbocycles. The van der Waals surface area contributed by atoms with Crippen molar-refractivity contribution >= 4 is 5.91 Å². The average Bonchev–Trinajstić information content (AvgIpc) is 3.35. The molecule has 192 valence electrons. The smallest absolute Gasteiger partial charge is 0.241 e. The maximum absolute atomic E-state index is 12.7. The Kier molecular flexibility index (Phi) is 8.43. The molecule has 9 heteroatoms. The number of nitrogens with zero attached hydrogens (tertiary/aromatic N) is 3. The number of hydrogen-bond donors (Lipinski definition) is 1. The van der Waals surface area contributed by atoms with Crippen LogP contribution in [0.3, 0.4) is 0 Å². The summed E-state index contributed by atoms with van der Waals surface area (Å²) in [6.45, 7) is 6.63. The Morgan fingerprint density at radius 3 is 2.61 bits per heavy atom. The first-order chi connectivity index (χ1) is 17.4. The van der Waals surface area contributed by atoms with Crippen molar-refractivity contribution in [3.05, 3.63) is 53.9 Å². The van der Waals surface area contributed by atoms with Gasteiger partial charge in [0, 0.05) is 18.0 Å². The first-order valence-corrected chi connectivity index (χ1v) is 12.3. The number of rotatable bonds is 10. The van der Waals surface area contributed by atoms with Gasteiger partial charge in [0.15, 0.2) is 11.5 Å². The summed E-state index contributed by atoms with van der Waals surface area (Å²) in [4.78, 5) is 19.5. The van der Waals surface area contributed by atoms with Crippen LogP contribution in [0.25, 0.3) is 11.4 Å². The van der Waals surface area contributed by atoms with Crippen LogP contribution in [0, 0.1) is 5.92 Å². The maximum Gasteiger partial charge on any atom is 0.241 e. The van der Waals surface area contributed by atoms with Gasteiger partial charge in [-0.15, -0.1) is 0 Å². The number of aromatic nitrogens is 2. The number of ether oxygens (including phenoxy) is 3. The molecule has 3 aromatic rings. The molecule has 2 heterocycles. The second-order valence-electron chi connectivity index (χ2n) is 9.16. The first kappa shape index (κ1) is 25.5. The number of likely N-dealkylation sites (tertiary alicyclic amines) is 1. The normalized spacial score (nSPS) is 14.6. The van der Waals surface area contributed by atoms with Crippen LogP contribution in [0.2, 0.25) is 0 Å². The van der Waals surface area contributed by atoms with Gasteiger partial charge in [0.1, 0.15) is 5.75 Å². The lowest BCUT2D eigenvalue weighted by Crippen LogP contribution is -2.40. The SMILES string of the molecule is COc1ccc(-c2noc(CN3CCC(C(=O)NCc4cccc(OC(C)C)c4)CC3)n2)cc1OC. The van der Waals surface area contributed by atoms with Crippen molar-refractivity contribution in [2.24, 2.45) is 5.92 Å². The summed E-state index contributed by atoms with van der Waals surface area (Å²) in [5, 5.41) is 7.20. The fourth-order valence-electron chi connectivity index (χ4n) is 4.29. The molecule has 0 bridgehead atoms. The zero-order valence-electron chi connectivity index (χ0n) is 21.3. The van der Waals surface area contributed by atoms with Crippen molar-refractivity contribution in [1.82, 2.24) is 20.4 Å². The first-order valence-electron chi connectivity index (χ1n) is 12.3. The number of piperidine rings is 1. The Bertz CT molecular complexity index is 1150. The Labute approximate surface area is 211 Å². The summed E-state index contributed by atoms with van der Waals surface area (Å²) in [5.41, 5.74) is 1.82. The summed E-state index contributed by atoms with van der Waals surface area (Å²) < 4.78 is 21.9. The van der Waals surface area contributed by atoms with E-state index in [9.17, 15) is 4.79 Å². The molecule has 4 rings (SSSR count). The number of carbonyl (C=O) groups is 1. The van der Waals surface area contributed by atoms with Crippen molar-refractivity contribution in [3.63, 3.8) is 0 Å². The molecule has 1 saturated heterocycles. The molecule has 0 saturated carbocycles. The number of amides is 1. The van der Waals surface area contributed by atoms with Crippen LogP contribution in [0.1, 0.15) is 38.1 Å². The van der Waals surface area contributed by atoms with Crippen LogP contribution >= 0.6 is 0 Å². The lowest BCUT2D eigenvalue weighted by Gasteiger charge is -2.30. The Balaban J connectivity index is 1.25. The third-order valence-electron chi connectivity index (χ3n) is 6.16. The largest absolute Gasteiger partial charge is 0.493 e. The van der Waals surface area contributed by atoms with Gasteiger partial charge in [-0.1, -0.05) is 17.3 Å². The van der Waals surface area contributed by atoms with Gasteiger partial charge in [-0.2, -0.15) is 4.98 Å². The molecular formula is C27H34N4O5. The maximum atomic E-state index is 12.7. The van der Waals surface area contributed by atoms with Crippen molar-refractivity contribution < 1.29 is 23.5 Å². The minimum absolute atomic E-state index is 0.00126. The number of methoxy groups -OCH3 is 2. The Hall–Kier alpha value is -3.59. The summed E-state index contributed by atoms with van der Waals surface area (Å²) in [7, 11) is 3.19. The van der Waals surface area contributed by atoms with Crippen LogP contribution in [-0.2, 0) is 17.9 Å². The fraction of sp³-hybridized carbons (Fsp3) is 0.444. The molecule has 1 aromatic heterocycles. The average molecular weight is 495 g/mol. The lowest BCUT2D eigenvalue weighted by atomic mass is 9.96. The van der Waals surface area contributed by atoms with E-state index in [2.05, 4.69) is 20.4 Å². The second kappa shape index (κ2) is 11.9. The molecule has 36 heavy (non-hydrogen) atoms. The molecule has 1 fully saturated rings. The molecule has 1 N–H and O–H groups in total. The highest BCUT2D eigenvalue weighted by Gasteiger charge is 2.26. The highest BCUT2D eigenvalue weighted by atomic mass is 16.5. The van der Waals surface area contributed by atoms with Crippen LogP contribution in [-0.4, -0.2) is 54.4 Å². The minimum atomic E-state index is 0.00126. The zero-order valence-corrected chi connectivity index (χ0v) is 21.3. The van der Waals surface area contributed by atoms with Gasteiger partial charge in [-0.3, -0.25) is 9.69 Å². The predicted molar refractivity (Wildman–Crippen MR) is 135 cm³/mol. The monoisotopic (exact) mass is 494 g/mol. The highest BCUT2D eigenvalue weighted by molar-refractivity contribution is 5.78. The van der Waals surface area contributed by atoms with Gasteiger partial charge in [0.2, 0.25) is 17.6 Å². The Morgan fingerprint density at radius 1 is 1.11 bits per heavy atom. The number of carbonyl (C=O) groups excluding carboxylic acids is 1. The molecule has 0 radical (unpaired) electrons. The molecule has 1 aliphatic heterocycles. The van der Waals surface area contributed by atoms with Gasteiger partial charge >= 0.3 is 0 Å². The van der Waals surface area contributed by atoms with Crippen molar-refractivity contribution in [3.8, 4) is 28.6 Å². The zero-order chi connectivity index (χ0) is 25.5. The van der Waals surface area contributed by atoms with E-state index >= 15 is 0 Å². The minimum Gasteiger partial charge on any atom is -0.493 e. The summed E-state index contributed by atoms with van der Waals surface area (Å²) >= 11 is 0. The second-order valence-corrected chi connectivity index (χ2v) is 9.16. The molecule has 2 aromatic carbocycles. The van der Waals surface area contributed by atoms with Crippen LogP contribution in [0.4, 0.5) is 0 Å². The summed E-state index contributed by atoms with van der Waals surface area (Å²) in [5.74, 6) is 3.22. The number of nitrogens with one attached hydrogen (secondary N) is 1. The number of hydrogen-bond acceptors (Lipinski definition) is 8. The molecule has 1 amide bonds. The van der Waals surface area contributed by atoms with Crippen molar-refractivity contribution in [2.75, 3.05) is 27.3 Å². The number of benzene rings is 2. The predicted octanol–water partition coefficient (Wildman–Crippen LogP) is 4.07. The van der Waals surface area contributed by atoms with Crippen LogP contribution < -0.4 is 19.5 Å². The third-order valence-corrected chi connectivity index (χ3v) is 6.16. The van der Waals surface area contributed by atoms with E-state index in [0.29, 0.717) is 36.3 Å². The summed E-state index contributed by atoms with van der Waals surface area (Å²) in [6.07, 6.45) is 1.70. The van der Waals surface area contributed by atoms with Crippen molar-refractivity contribution in [2.45, 2.75) is 45.9 Å². The Morgan fingerprint density at radius 2 is 1.89 bits per heavy atom. The topological polar surface area (TPSA) is 99.0 Å². The van der Waals surface area contributed by atoms with Crippen LogP contribution in [0.5, 0.6) is 17.2 Å². The van der Waals surface area contributed by atoms with E-state index in [4.69, 9.17) is 18.7 Å². The standard InChI is InChI=1S/C27H34N4O5/c1-18(2)35-22-7-5-6-19(14-22)16-28-27(32)20-10-12-31(13-11-20)17-25-29-26(30-36-25)21-8-9-23(33-3)24(15-21)34-4/h5-9,14-15,18,20H,10-13,16-17H2,1-4H3,(H,28,32). The third kappa shape index (κ3) is 6.54. The van der Waals surface area contributed by atoms with E-state index in [1.54, 1.807) is 14.2 Å². The van der Waals surface area contributed by atoms with E-state index in [-0.39, 0.29) is 17.9 Å². The van der Waals surface area contributed by atoms with Crippen LogP contribution in [0.15, 0.2) is 47.0 Å². The molecule has 0 unspecified atom stereocenters. The van der Waals surface area contributed by atoms with Gasteiger partial charge in [-0.05, 0) is 75.7 Å². The fourth-order valence-corrected chi connectivity index (χ4v) is 4.29. The van der Waals surface area contributed by atoms with Gasteiger partial charge < -0.3 is 24.1 Å². The van der Waals surface area contributed by atoms with E-state index < -0.39 is 0 Å². The molecule has 0 atom stereocenters. The molecular weight excluding hydrogens is 460 g/mol. The van der Waals surface area contributed by atoms with Crippen molar-refractivity contribution in [1.29, 1.82) is 0 Å². The highest BCUT2D eigenvalue weighted by Crippen LogP contribution is 2.31. The van der Waals surface area contributed by atoms with Gasteiger partial charge in [0.25, 0.3) is 0 Å².